The van der Waals surface area contributed by atoms with E-state index in [1.165, 1.54) is 22.3 Å². The van der Waals surface area contributed by atoms with Gasteiger partial charge >= 0.3 is 5.97 Å². The Balaban J connectivity index is 1.75. The number of aliphatic carboxylic acids is 1. The van der Waals surface area contributed by atoms with Gasteiger partial charge in [0, 0.05) is 0 Å². The Morgan fingerprint density at radius 1 is 0.731 bits per heavy atom. The Morgan fingerprint density at radius 3 is 1.69 bits per heavy atom. The molecule has 3 rings (SSSR count). The van der Waals surface area contributed by atoms with Crippen molar-refractivity contribution in [3.63, 3.8) is 0 Å². The Morgan fingerprint density at radius 2 is 1.23 bits per heavy atom. The van der Waals surface area contributed by atoms with Gasteiger partial charge in [0.2, 0.25) is 0 Å². The lowest BCUT2D eigenvalue weighted by molar-refractivity contribution is -0.142. The summed E-state index contributed by atoms with van der Waals surface area (Å²) in [6.45, 7) is 0. The van der Waals surface area contributed by atoms with E-state index in [0.29, 0.717) is 0 Å². The summed E-state index contributed by atoms with van der Waals surface area (Å²) in [6.07, 6.45) is 10.4. The smallest absolute Gasteiger partial charge is 0.306 e. The lowest BCUT2D eigenvalue weighted by atomic mass is 9.94. The van der Waals surface area contributed by atoms with Crippen molar-refractivity contribution in [1.82, 2.24) is 0 Å². The molecule has 0 saturated heterocycles. The highest BCUT2D eigenvalue weighted by molar-refractivity contribution is 5.69. The first-order chi connectivity index (χ1) is 12.7. The maximum atomic E-state index is 11.5. The highest BCUT2D eigenvalue weighted by Crippen LogP contribution is 2.25. The molecule has 1 aliphatic rings. The molecule has 0 spiro atoms. The molecular weight excluding hydrogens is 320 g/mol. The third-order valence-electron chi connectivity index (χ3n) is 5.57. The highest BCUT2D eigenvalue weighted by Gasteiger charge is 2.16. The molecule has 0 unspecified atom stereocenters. The van der Waals surface area contributed by atoms with Crippen LogP contribution in [0.1, 0.15) is 62.5 Å². The lowest BCUT2D eigenvalue weighted by Crippen LogP contribution is -2.13. The predicted octanol–water partition coefficient (Wildman–Crippen LogP) is 6.27. The van der Waals surface area contributed by atoms with Crippen LogP contribution in [0.15, 0.2) is 48.5 Å². The second-order valence-corrected chi connectivity index (χ2v) is 7.63. The van der Waals surface area contributed by atoms with Crippen LogP contribution < -0.4 is 0 Å². The predicted molar refractivity (Wildman–Crippen MR) is 107 cm³/mol. The van der Waals surface area contributed by atoms with E-state index in [2.05, 4.69) is 48.5 Å². The third-order valence-corrected chi connectivity index (χ3v) is 5.57. The van der Waals surface area contributed by atoms with E-state index in [4.69, 9.17) is 0 Å². The normalized spacial score (nSPS) is 17.4. The van der Waals surface area contributed by atoms with E-state index in [9.17, 15) is 9.90 Å². The maximum absolute atomic E-state index is 11.5. The Labute approximate surface area is 157 Å². The zero-order valence-electron chi connectivity index (χ0n) is 15.6. The summed E-state index contributed by atoms with van der Waals surface area (Å²) < 4.78 is 0. The van der Waals surface area contributed by atoms with Crippen molar-refractivity contribution in [1.29, 1.82) is 0 Å². The van der Waals surface area contributed by atoms with Crippen LogP contribution in [-0.2, 0) is 17.6 Å². The fraction of sp³-hybridized carbons (Fsp3) is 0.458. The quantitative estimate of drug-likeness (QED) is 0.658. The number of benzene rings is 2. The third kappa shape index (κ3) is 5.45. The molecule has 26 heavy (non-hydrogen) atoms. The molecule has 0 amide bonds. The van der Waals surface area contributed by atoms with Gasteiger partial charge in [-0.25, -0.2) is 0 Å². The summed E-state index contributed by atoms with van der Waals surface area (Å²) in [5, 5.41) is 9.45. The number of hydrogen-bond donors (Lipinski definition) is 1. The van der Waals surface area contributed by atoms with Crippen LogP contribution in [0.4, 0.5) is 0 Å². The number of carbonyl (C=O) groups is 1. The molecule has 0 fully saturated rings. The molecule has 2 heteroatoms. The van der Waals surface area contributed by atoms with E-state index in [-0.39, 0.29) is 5.92 Å². The lowest BCUT2D eigenvalue weighted by Gasteiger charge is -2.12. The Bertz CT molecular complexity index is 664. The van der Waals surface area contributed by atoms with E-state index in [1.807, 2.05) is 0 Å². The van der Waals surface area contributed by atoms with E-state index >= 15 is 0 Å². The van der Waals surface area contributed by atoms with Crippen molar-refractivity contribution in [2.24, 2.45) is 5.92 Å². The molecule has 0 aliphatic heterocycles. The van der Waals surface area contributed by atoms with Crippen molar-refractivity contribution in [2.45, 2.75) is 64.2 Å². The van der Waals surface area contributed by atoms with Crippen LogP contribution in [0.25, 0.3) is 11.1 Å². The number of carboxylic acids is 1. The molecule has 2 nitrogen and oxygen atoms in total. The maximum Gasteiger partial charge on any atom is 0.306 e. The molecule has 1 aliphatic carbocycles. The molecule has 0 atom stereocenters. The molecule has 4 bridgehead atoms. The second kappa shape index (κ2) is 9.56. The first kappa shape index (κ1) is 18.7. The fourth-order valence-electron chi connectivity index (χ4n) is 4.00. The number of carboxylic acid groups (broad SMARTS) is 1. The average Bonchev–Trinajstić information content (AvgIpc) is 2.65. The summed E-state index contributed by atoms with van der Waals surface area (Å²) in [5.41, 5.74) is 5.37. The number of hydrogen-bond acceptors (Lipinski definition) is 1. The summed E-state index contributed by atoms with van der Waals surface area (Å²) in [5.74, 6) is -0.763. The van der Waals surface area contributed by atoms with Gasteiger partial charge in [0.15, 0.2) is 0 Å². The molecule has 2 aromatic rings. The first-order valence-electron chi connectivity index (χ1n) is 10.1. The molecule has 1 N–H and O–H groups in total. The minimum Gasteiger partial charge on any atom is -0.481 e. The summed E-state index contributed by atoms with van der Waals surface area (Å²) >= 11 is 0. The summed E-state index contributed by atoms with van der Waals surface area (Å²) in [7, 11) is 0. The van der Waals surface area contributed by atoms with E-state index in [1.54, 1.807) is 0 Å². The number of aryl methyl sites for hydroxylation is 2. The zero-order valence-corrected chi connectivity index (χ0v) is 15.6. The zero-order chi connectivity index (χ0) is 18.2. The van der Waals surface area contributed by atoms with E-state index < -0.39 is 5.97 Å². The van der Waals surface area contributed by atoms with Crippen molar-refractivity contribution >= 4 is 5.97 Å². The van der Waals surface area contributed by atoms with Crippen LogP contribution in [0.2, 0.25) is 0 Å². The molecule has 2 aromatic carbocycles. The van der Waals surface area contributed by atoms with Crippen LogP contribution in [0.3, 0.4) is 0 Å². The van der Waals surface area contributed by atoms with Crippen LogP contribution >= 0.6 is 0 Å². The first-order valence-corrected chi connectivity index (χ1v) is 10.1. The van der Waals surface area contributed by atoms with Gasteiger partial charge in [0.1, 0.15) is 0 Å². The van der Waals surface area contributed by atoms with Gasteiger partial charge in [0.05, 0.1) is 5.92 Å². The minimum atomic E-state index is -0.608. The number of rotatable bonds is 1. The van der Waals surface area contributed by atoms with Gasteiger partial charge in [-0.05, 0) is 60.8 Å². The molecule has 138 valence electrons. The summed E-state index contributed by atoms with van der Waals surface area (Å²) in [6, 6.07) is 17.8. The fourth-order valence-corrected chi connectivity index (χ4v) is 4.00. The SMILES string of the molecule is O=C(O)C1CCCCCc2cccc(c2)-c2cccc(c2)CCCCC1. The van der Waals surface area contributed by atoms with Gasteiger partial charge in [-0.2, -0.15) is 0 Å². The van der Waals surface area contributed by atoms with Crippen LogP contribution in [-0.4, -0.2) is 11.1 Å². The van der Waals surface area contributed by atoms with Crippen molar-refractivity contribution in [3.8, 4) is 11.1 Å². The Hall–Kier alpha value is -2.09. The van der Waals surface area contributed by atoms with Crippen molar-refractivity contribution < 1.29 is 9.90 Å². The van der Waals surface area contributed by atoms with Crippen molar-refractivity contribution in [2.75, 3.05) is 0 Å². The van der Waals surface area contributed by atoms with Gasteiger partial charge in [-0.3, -0.25) is 4.79 Å². The van der Waals surface area contributed by atoms with Gasteiger partial charge in [-0.15, -0.1) is 0 Å². The average molecular weight is 351 g/mol. The standard InChI is InChI=1S/C24H30O2/c25-24(26)21-13-5-1-3-9-19-11-7-15-22(17-19)23-16-8-12-20(18-23)10-4-2-6-14-21/h7-8,11-12,15-18,21H,1-6,9-10,13-14H2,(H,25,26). The van der Waals surface area contributed by atoms with Gasteiger partial charge in [0.25, 0.3) is 0 Å². The second-order valence-electron chi connectivity index (χ2n) is 7.63. The Kier molecular flexibility index (Phi) is 6.88. The molecule has 0 heterocycles. The van der Waals surface area contributed by atoms with Crippen molar-refractivity contribution in [3.05, 3.63) is 59.7 Å². The van der Waals surface area contributed by atoms with Crippen LogP contribution in [0, 0.1) is 5.92 Å². The molecule has 0 saturated carbocycles. The molecule has 0 aromatic heterocycles. The summed E-state index contributed by atoms with van der Waals surface area (Å²) in [4.78, 5) is 11.5. The van der Waals surface area contributed by atoms with Gasteiger partial charge in [-0.1, -0.05) is 74.2 Å². The molecular formula is C24H30O2. The molecule has 0 radical (unpaired) electrons. The monoisotopic (exact) mass is 350 g/mol. The van der Waals surface area contributed by atoms with Gasteiger partial charge < -0.3 is 5.11 Å². The van der Waals surface area contributed by atoms with E-state index in [0.717, 1.165) is 64.2 Å². The number of fused-ring (bicyclic) bond motifs is 5. The largest absolute Gasteiger partial charge is 0.481 e. The minimum absolute atomic E-state index is 0.155. The highest BCUT2D eigenvalue weighted by atomic mass is 16.4. The van der Waals surface area contributed by atoms with Crippen LogP contribution in [0.5, 0.6) is 0 Å². The topological polar surface area (TPSA) is 37.3 Å².